The summed E-state index contributed by atoms with van der Waals surface area (Å²) in [7, 11) is 3.22. The van der Waals surface area contributed by atoms with Gasteiger partial charge in [0.15, 0.2) is 29.9 Å². The number of ether oxygens (including phenoxy) is 2. The van der Waals surface area contributed by atoms with E-state index in [1.165, 1.54) is 0 Å². The minimum Gasteiger partial charge on any atom is -0.493 e. The van der Waals surface area contributed by atoms with Crippen LogP contribution in [0.5, 0.6) is 11.5 Å². The number of carbonyl (C=O) groups is 1. The normalized spacial score (nSPS) is 15.0. The van der Waals surface area contributed by atoms with Gasteiger partial charge in [-0.2, -0.15) is 0 Å². The maximum absolute atomic E-state index is 12.6. The van der Waals surface area contributed by atoms with E-state index in [-0.39, 0.29) is 5.91 Å². The number of rotatable bonds is 5. The third-order valence-electron chi connectivity index (χ3n) is 4.78. The predicted molar refractivity (Wildman–Crippen MR) is 94.7 cm³/mol. The van der Waals surface area contributed by atoms with E-state index in [9.17, 15) is 4.79 Å². The van der Waals surface area contributed by atoms with Gasteiger partial charge in [0.05, 0.1) is 20.6 Å². The average molecular weight is 341 g/mol. The SMILES string of the molecule is COc1ccc(CC(=O)N2CCC([n+]3ccccc3)CC2)cc1OC. The van der Waals surface area contributed by atoms with Crippen molar-refractivity contribution < 1.29 is 18.8 Å². The van der Waals surface area contributed by atoms with Crippen LogP contribution >= 0.6 is 0 Å². The first-order chi connectivity index (χ1) is 12.2. The molecule has 0 bridgehead atoms. The molecule has 2 aromatic rings. The summed E-state index contributed by atoms with van der Waals surface area (Å²) < 4.78 is 12.8. The maximum Gasteiger partial charge on any atom is 0.226 e. The molecule has 25 heavy (non-hydrogen) atoms. The molecule has 3 rings (SSSR count). The molecule has 0 N–H and O–H groups in total. The second-order valence-corrected chi connectivity index (χ2v) is 6.30. The van der Waals surface area contributed by atoms with E-state index in [1.807, 2.05) is 29.2 Å². The summed E-state index contributed by atoms with van der Waals surface area (Å²) in [5, 5.41) is 0. The molecule has 0 saturated carbocycles. The molecule has 1 fully saturated rings. The molecule has 1 aliphatic rings. The Morgan fingerprint density at radius 2 is 1.76 bits per heavy atom. The predicted octanol–water partition coefficient (Wildman–Crippen LogP) is 2.40. The average Bonchev–Trinajstić information content (AvgIpc) is 2.68. The molecule has 1 saturated heterocycles. The molecule has 1 aliphatic heterocycles. The van der Waals surface area contributed by atoms with Gasteiger partial charge in [0.2, 0.25) is 5.91 Å². The Hall–Kier alpha value is -2.56. The molecule has 0 unspecified atom stereocenters. The molecule has 2 heterocycles. The van der Waals surface area contributed by atoms with E-state index in [0.29, 0.717) is 24.0 Å². The highest BCUT2D eigenvalue weighted by molar-refractivity contribution is 5.79. The summed E-state index contributed by atoms with van der Waals surface area (Å²) in [4.78, 5) is 14.6. The van der Waals surface area contributed by atoms with Gasteiger partial charge < -0.3 is 14.4 Å². The third kappa shape index (κ3) is 4.10. The molecule has 1 amide bonds. The Labute approximate surface area is 148 Å². The van der Waals surface area contributed by atoms with Gasteiger partial charge in [-0.1, -0.05) is 12.1 Å². The fraction of sp³-hybridized carbons (Fsp3) is 0.400. The van der Waals surface area contributed by atoms with Crippen molar-refractivity contribution >= 4 is 5.91 Å². The van der Waals surface area contributed by atoms with Crippen molar-refractivity contribution in [2.75, 3.05) is 27.3 Å². The van der Waals surface area contributed by atoms with Crippen LogP contribution in [0.4, 0.5) is 0 Å². The van der Waals surface area contributed by atoms with Crippen molar-refractivity contribution in [2.45, 2.75) is 25.3 Å². The highest BCUT2D eigenvalue weighted by Gasteiger charge is 2.27. The minimum absolute atomic E-state index is 0.170. The monoisotopic (exact) mass is 341 g/mol. The van der Waals surface area contributed by atoms with Crippen LogP contribution in [-0.2, 0) is 11.2 Å². The fourth-order valence-electron chi connectivity index (χ4n) is 3.35. The number of nitrogens with zero attached hydrogens (tertiary/aromatic N) is 2. The van der Waals surface area contributed by atoms with Crippen LogP contribution in [0.15, 0.2) is 48.8 Å². The molecule has 1 aromatic carbocycles. The molecule has 0 aliphatic carbocycles. The summed E-state index contributed by atoms with van der Waals surface area (Å²) in [5.41, 5.74) is 0.946. The number of likely N-dealkylation sites (tertiary alicyclic amines) is 1. The number of amides is 1. The van der Waals surface area contributed by atoms with Gasteiger partial charge >= 0.3 is 0 Å². The standard InChI is InChI=1S/C20H25N2O3/c1-24-18-7-6-16(14-19(18)25-2)15-20(23)22-12-8-17(9-13-22)21-10-4-3-5-11-21/h3-7,10-11,14,17H,8-9,12-13,15H2,1-2H3/q+1. The first-order valence-electron chi connectivity index (χ1n) is 8.65. The van der Waals surface area contributed by atoms with E-state index in [4.69, 9.17) is 9.47 Å². The topological polar surface area (TPSA) is 42.7 Å². The summed E-state index contributed by atoms with van der Waals surface area (Å²) >= 11 is 0. The summed E-state index contributed by atoms with van der Waals surface area (Å²) in [6, 6.07) is 12.3. The third-order valence-corrected chi connectivity index (χ3v) is 4.78. The second-order valence-electron chi connectivity index (χ2n) is 6.30. The Balaban J connectivity index is 1.58. The quantitative estimate of drug-likeness (QED) is 0.785. The lowest BCUT2D eigenvalue weighted by atomic mass is 10.0. The molecule has 5 heteroatoms. The summed E-state index contributed by atoms with van der Waals surface area (Å²) in [6.45, 7) is 1.61. The number of methoxy groups -OCH3 is 2. The van der Waals surface area contributed by atoms with E-state index in [1.54, 1.807) is 14.2 Å². The maximum atomic E-state index is 12.6. The largest absolute Gasteiger partial charge is 0.493 e. The molecular weight excluding hydrogens is 316 g/mol. The van der Waals surface area contributed by atoms with Crippen molar-refractivity contribution in [3.8, 4) is 11.5 Å². The Morgan fingerprint density at radius 3 is 2.40 bits per heavy atom. The molecule has 132 valence electrons. The number of piperidine rings is 1. The van der Waals surface area contributed by atoms with Crippen molar-refractivity contribution in [3.63, 3.8) is 0 Å². The number of hydrogen-bond donors (Lipinski definition) is 0. The van der Waals surface area contributed by atoms with Crippen LogP contribution in [0, 0.1) is 0 Å². The van der Waals surface area contributed by atoms with Crippen LogP contribution in [-0.4, -0.2) is 38.1 Å². The van der Waals surface area contributed by atoms with E-state index in [0.717, 1.165) is 31.5 Å². The van der Waals surface area contributed by atoms with Gasteiger partial charge in [-0.25, -0.2) is 4.57 Å². The van der Waals surface area contributed by atoms with Crippen molar-refractivity contribution in [1.29, 1.82) is 0 Å². The zero-order valence-electron chi connectivity index (χ0n) is 14.9. The lowest BCUT2D eigenvalue weighted by molar-refractivity contribution is -0.725. The first kappa shape index (κ1) is 17.3. The number of benzene rings is 1. The highest BCUT2D eigenvalue weighted by atomic mass is 16.5. The van der Waals surface area contributed by atoms with Crippen LogP contribution in [0.1, 0.15) is 24.4 Å². The van der Waals surface area contributed by atoms with Gasteiger partial charge in [-0.15, -0.1) is 0 Å². The zero-order valence-corrected chi connectivity index (χ0v) is 14.9. The smallest absolute Gasteiger partial charge is 0.226 e. The van der Waals surface area contributed by atoms with Crippen LogP contribution in [0.3, 0.4) is 0 Å². The van der Waals surface area contributed by atoms with Gasteiger partial charge in [0, 0.05) is 38.1 Å². The molecular formula is C20H25N2O3+. The Bertz CT molecular complexity index is 710. The number of hydrogen-bond acceptors (Lipinski definition) is 3. The Morgan fingerprint density at radius 1 is 1.08 bits per heavy atom. The lowest BCUT2D eigenvalue weighted by Crippen LogP contribution is -2.47. The van der Waals surface area contributed by atoms with Crippen LogP contribution in [0.25, 0.3) is 0 Å². The van der Waals surface area contributed by atoms with Crippen LogP contribution < -0.4 is 14.0 Å². The minimum atomic E-state index is 0.170. The van der Waals surface area contributed by atoms with Crippen molar-refractivity contribution in [1.82, 2.24) is 4.90 Å². The number of pyridine rings is 1. The van der Waals surface area contributed by atoms with Gasteiger partial charge in [-0.05, 0) is 17.7 Å². The van der Waals surface area contributed by atoms with Crippen molar-refractivity contribution in [3.05, 3.63) is 54.4 Å². The first-order valence-corrected chi connectivity index (χ1v) is 8.65. The van der Waals surface area contributed by atoms with Crippen LogP contribution in [0.2, 0.25) is 0 Å². The summed E-state index contributed by atoms with van der Waals surface area (Å²) in [6.07, 6.45) is 6.58. The second kappa shape index (κ2) is 8.01. The van der Waals surface area contributed by atoms with E-state index >= 15 is 0 Å². The molecule has 0 spiro atoms. The van der Waals surface area contributed by atoms with Gasteiger partial charge in [0.25, 0.3) is 0 Å². The van der Waals surface area contributed by atoms with Gasteiger partial charge in [-0.3, -0.25) is 4.79 Å². The molecule has 5 nitrogen and oxygen atoms in total. The number of carbonyl (C=O) groups excluding carboxylic acids is 1. The highest BCUT2D eigenvalue weighted by Crippen LogP contribution is 2.28. The number of aromatic nitrogens is 1. The van der Waals surface area contributed by atoms with E-state index < -0.39 is 0 Å². The fourth-order valence-corrected chi connectivity index (χ4v) is 3.35. The van der Waals surface area contributed by atoms with E-state index in [2.05, 4.69) is 29.1 Å². The summed E-state index contributed by atoms with van der Waals surface area (Å²) in [5.74, 6) is 1.51. The zero-order chi connectivity index (χ0) is 17.6. The lowest BCUT2D eigenvalue weighted by Gasteiger charge is -2.29. The molecule has 0 radical (unpaired) electrons. The molecule has 1 aromatic heterocycles. The Kier molecular flexibility index (Phi) is 5.53. The van der Waals surface area contributed by atoms with Gasteiger partial charge in [0.1, 0.15) is 0 Å². The molecule has 0 atom stereocenters. The van der Waals surface area contributed by atoms with Crippen molar-refractivity contribution in [2.24, 2.45) is 0 Å².